The van der Waals surface area contributed by atoms with Crippen LogP contribution in [0, 0.1) is 11.8 Å². The Labute approximate surface area is 103 Å². The predicted molar refractivity (Wildman–Crippen MR) is 65.9 cm³/mol. The van der Waals surface area contributed by atoms with Gasteiger partial charge in [0.1, 0.15) is 23.1 Å². The minimum absolute atomic E-state index is 0.458. The van der Waals surface area contributed by atoms with E-state index in [1.807, 2.05) is 24.3 Å². The molecule has 0 aliphatic carbocycles. The topological polar surface area (TPSA) is 22.1 Å². The average molecular weight is 247 g/mol. The van der Waals surface area contributed by atoms with Crippen LogP contribution >= 0.6 is 11.3 Å². The molecule has 17 heavy (non-hydrogen) atoms. The number of ether oxygens (including phenoxy) is 1. The van der Waals surface area contributed by atoms with Gasteiger partial charge in [0.2, 0.25) is 0 Å². The molecule has 0 aliphatic rings. The van der Waals surface area contributed by atoms with Gasteiger partial charge in [-0.15, -0.1) is 11.3 Å². The molecule has 0 amide bonds. The minimum Gasteiger partial charge on any atom is -0.497 e. The molecule has 0 aliphatic heterocycles. The van der Waals surface area contributed by atoms with Crippen LogP contribution in [0.5, 0.6) is 5.75 Å². The lowest BCUT2D eigenvalue weighted by molar-refractivity contribution is 0.414. The van der Waals surface area contributed by atoms with Crippen molar-refractivity contribution in [2.24, 2.45) is 0 Å². The molecule has 0 atom stereocenters. The molecular weight excluding hydrogens is 237 g/mol. The van der Waals surface area contributed by atoms with Crippen LogP contribution in [0.3, 0.4) is 0 Å². The summed E-state index contributed by atoms with van der Waals surface area (Å²) in [5, 5.41) is 2.21. The van der Waals surface area contributed by atoms with Crippen molar-refractivity contribution in [3.05, 3.63) is 45.9 Å². The van der Waals surface area contributed by atoms with Crippen LogP contribution in [-0.2, 0) is 6.67 Å². The first-order valence-electron chi connectivity index (χ1n) is 4.98. The van der Waals surface area contributed by atoms with E-state index in [1.165, 1.54) is 11.3 Å². The molecule has 0 saturated carbocycles. The number of hydrogen-bond acceptors (Lipinski definition) is 3. The van der Waals surface area contributed by atoms with E-state index >= 15 is 0 Å². The molecule has 0 unspecified atom stereocenters. The third kappa shape index (κ3) is 3.05. The van der Waals surface area contributed by atoms with Crippen LogP contribution in [0.4, 0.5) is 4.39 Å². The molecule has 0 radical (unpaired) electrons. The number of benzene rings is 1. The van der Waals surface area contributed by atoms with E-state index in [0.29, 0.717) is 10.7 Å². The Kier molecular flexibility index (Phi) is 3.73. The standard InChI is InChI=1S/C13H10FNOS/c1-16-12-4-2-3-10(7-12)5-6-11-9-17-13(8-14)15-11/h2-4,7,9H,8H2,1H3. The second-order valence-electron chi connectivity index (χ2n) is 3.24. The number of nitrogens with zero attached hydrogens (tertiary/aromatic N) is 1. The first-order valence-corrected chi connectivity index (χ1v) is 5.86. The SMILES string of the molecule is COc1cccc(C#Cc2csc(CF)n2)c1. The van der Waals surface area contributed by atoms with Crippen LogP contribution in [0.15, 0.2) is 29.6 Å². The molecule has 2 rings (SSSR count). The molecule has 4 heteroatoms. The number of halogens is 1. The van der Waals surface area contributed by atoms with Crippen molar-refractivity contribution >= 4 is 11.3 Å². The van der Waals surface area contributed by atoms with Crippen molar-refractivity contribution in [3.8, 4) is 17.6 Å². The zero-order chi connectivity index (χ0) is 12.1. The van der Waals surface area contributed by atoms with Gasteiger partial charge in [-0.1, -0.05) is 12.0 Å². The van der Waals surface area contributed by atoms with Gasteiger partial charge in [0.05, 0.1) is 7.11 Å². The maximum Gasteiger partial charge on any atom is 0.141 e. The van der Waals surface area contributed by atoms with Crippen molar-refractivity contribution in [1.29, 1.82) is 0 Å². The lowest BCUT2D eigenvalue weighted by Crippen LogP contribution is -1.83. The minimum atomic E-state index is -0.536. The number of hydrogen-bond donors (Lipinski definition) is 0. The Morgan fingerprint density at radius 3 is 3.00 bits per heavy atom. The van der Waals surface area contributed by atoms with Crippen molar-refractivity contribution in [2.75, 3.05) is 7.11 Å². The molecule has 1 heterocycles. The highest BCUT2D eigenvalue weighted by Gasteiger charge is 1.97. The summed E-state index contributed by atoms with van der Waals surface area (Å²) in [6, 6.07) is 7.46. The third-order valence-corrected chi connectivity index (χ3v) is 2.88. The van der Waals surface area contributed by atoms with Gasteiger partial charge >= 0.3 is 0 Å². The number of thiazole rings is 1. The lowest BCUT2D eigenvalue weighted by atomic mass is 10.2. The van der Waals surface area contributed by atoms with Gasteiger partial charge in [-0.2, -0.15) is 0 Å². The highest BCUT2D eigenvalue weighted by atomic mass is 32.1. The summed E-state index contributed by atoms with van der Waals surface area (Å²) in [6.45, 7) is -0.536. The number of aromatic nitrogens is 1. The van der Waals surface area contributed by atoms with Crippen molar-refractivity contribution in [3.63, 3.8) is 0 Å². The van der Waals surface area contributed by atoms with E-state index in [4.69, 9.17) is 4.74 Å². The summed E-state index contributed by atoms with van der Waals surface area (Å²) >= 11 is 1.28. The summed E-state index contributed by atoms with van der Waals surface area (Å²) < 4.78 is 17.4. The smallest absolute Gasteiger partial charge is 0.141 e. The maximum absolute atomic E-state index is 12.3. The second-order valence-corrected chi connectivity index (χ2v) is 4.18. The molecule has 1 aromatic heterocycles. The van der Waals surface area contributed by atoms with Crippen LogP contribution in [0.2, 0.25) is 0 Å². The van der Waals surface area contributed by atoms with Crippen LogP contribution in [-0.4, -0.2) is 12.1 Å². The molecule has 2 nitrogen and oxygen atoms in total. The number of rotatable bonds is 2. The Morgan fingerprint density at radius 1 is 1.41 bits per heavy atom. The largest absolute Gasteiger partial charge is 0.497 e. The molecule has 86 valence electrons. The molecule has 0 spiro atoms. The summed E-state index contributed by atoms with van der Waals surface area (Å²) in [5.41, 5.74) is 1.45. The van der Waals surface area contributed by atoms with E-state index < -0.39 is 6.67 Å². The first-order chi connectivity index (χ1) is 8.31. The van der Waals surface area contributed by atoms with Gasteiger partial charge in [0.15, 0.2) is 0 Å². The molecule has 0 N–H and O–H groups in total. The van der Waals surface area contributed by atoms with Gasteiger partial charge < -0.3 is 4.74 Å². The fourth-order valence-electron chi connectivity index (χ4n) is 1.27. The maximum atomic E-state index is 12.3. The average Bonchev–Trinajstić information content (AvgIpc) is 2.84. The highest BCUT2D eigenvalue weighted by Crippen LogP contribution is 2.12. The number of methoxy groups -OCH3 is 1. The summed E-state index contributed by atoms with van der Waals surface area (Å²) in [7, 11) is 1.61. The van der Waals surface area contributed by atoms with E-state index in [1.54, 1.807) is 12.5 Å². The Bertz CT molecular complexity index is 568. The summed E-state index contributed by atoms with van der Waals surface area (Å²) in [4.78, 5) is 4.03. The summed E-state index contributed by atoms with van der Waals surface area (Å²) in [5.74, 6) is 6.62. The second kappa shape index (κ2) is 5.46. The molecule has 2 aromatic rings. The van der Waals surface area contributed by atoms with Gasteiger partial charge in [-0.25, -0.2) is 9.37 Å². The number of alkyl halides is 1. The highest BCUT2D eigenvalue weighted by molar-refractivity contribution is 7.09. The van der Waals surface area contributed by atoms with Crippen LogP contribution < -0.4 is 4.74 Å². The van der Waals surface area contributed by atoms with E-state index in [0.717, 1.165) is 11.3 Å². The van der Waals surface area contributed by atoms with Gasteiger partial charge in [0, 0.05) is 10.9 Å². The van der Waals surface area contributed by atoms with Crippen molar-refractivity contribution in [1.82, 2.24) is 4.98 Å². The zero-order valence-electron chi connectivity index (χ0n) is 9.24. The van der Waals surface area contributed by atoms with E-state index in [-0.39, 0.29) is 0 Å². The van der Waals surface area contributed by atoms with E-state index in [2.05, 4.69) is 16.8 Å². The Morgan fingerprint density at radius 2 is 2.29 bits per heavy atom. The molecule has 0 saturated heterocycles. The molecule has 0 bridgehead atoms. The normalized spacial score (nSPS) is 9.53. The third-order valence-electron chi connectivity index (χ3n) is 2.07. The monoisotopic (exact) mass is 247 g/mol. The Hall–Kier alpha value is -1.86. The summed E-state index contributed by atoms with van der Waals surface area (Å²) in [6.07, 6.45) is 0. The Balaban J connectivity index is 2.20. The van der Waals surface area contributed by atoms with Gasteiger partial charge in [-0.05, 0) is 24.1 Å². The first kappa shape index (κ1) is 11.6. The van der Waals surface area contributed by atoms with Gasteiger partial charge in [0.25, 0.3) is 0 Å². The van der Waals surface area contributed by atoms with Crippen molar-refractivity contribution in [2.45, 2.75) is 6.67 Å². The quantitative estimate of drug-likeness (QED) is 0.761. The molecule has 1 aromatic carbocycles. The fourth-order valence-corrected chi connectivity index (χ4v) is 1.84. The predicted octanol–water partition coefficient (Wildman–Crippen LogP) is 3.02. The molecular formula is C13H10FNOS. The van der Waals surface area contributed by atoms with Gasteiger partial charge in [-0.3, -0.25) is 0 Å². The van der Waals surface area contributed by atoms with E-state index in [9.17, 15) is 4.39 Å². The molecule has 0 fully saturated rings. The lowest BCUT2D eigenvalue weighted by Gasteiger charge is -1.97. The zero-order valence-corrected chi connectivity index (χ0v) is 10.1. The van der Waals surface area contributed by atoms with Crippen LogP contribution in [0.1, 0.15) is 16.3 Å². The van der Waals surface area contributed by atoms with Crippen LogP contribution in [0.25, 0.3) is 0 Å². The fraction of sp³-hybridized carbons (Fsp3) is 0.154. The van der Waals surface area contributed by atoms with Crippen molar-refractivity contribution < 1.29 is 9.13 Å².